The zero-order valence-corrected chi connectivity index (χ0v) is 19.3. The molecule has 0 radical (unpaired) electrons. The van der Waals surface area contributed by atoms with Crippen molar-refractivity contribution in [2.24, 2.45) is 0 Å². The third-order valence-electron chi connectivity index (χ3n) is 5.89. The highest BCUT2D eigenvalue weighted by molar-refractivity contribution is 7.91. The number of hydrogen-bond donors (Lipinski definition) is 0. The maximum absolute atomic E-state index is 13.1. The molecule has 0 atom stereocenters. The van der Waals surface area contributed by atoms with Crippen molar-refractivity contribution in [3.63, 3.8) is 0 Å². The van der Waals surface area contributed by atoms with Crippen LogP contribution < -0.4 is 4.90 Å². The van der Waals surface area contributed by atoms with Crippen LogP contribution in [-0.2, 0) is 21.2 Å². The number of carbonyl (C=O) groups excluding carboxylic acids is 2. The topological polar surface area (TPSA) is 78.0 Å². The lowest BCUT2D eigenvalue weighted by Gasteiger charge is -2.35. The fourth-order valence-corrected chi connectivity index (χ4v) is 6.96. The number of piperazine rings is 1. The largest absolute Gasteiger partial charge is 0.369 e. The van der Waals surface area contributed by atoms with Crippen LogP contribution in [-0.4, -0.2) is 68.6 Å². The molecule has 2 saturated heterocycles. The van der Waals surface area contributed by atoms with E-state index < -0.39 is 10.0 Å². The lowest BCUT2D eigenvalue weighted by molar-refractivity contribution is -0.129. The van der Waals surface area contributed by atoms with Crippen molar-refractivity contribution >= 4 is 38.7 Å². The van der Waals surface area contributed by atoms with Gasteiger partial charge in [0, 0.05) is 55.4 Å². The van der Waals surface area contributed by atoms with Crippen molar-refractivity contribution < 1.29 is 18.0 Å². The zero-order chi connectivity index (χ0) is 22.0. The summed E-state index contributed by atoms with van der Waals surface area (Å²) in [6.45, 7) is 5.12. The Balaban J connectivity index is 1.37. The summed E-state index contributed by atoms with van der Waals surface area (Å²) >= 11 is 1.20. The maximum atomic E-state index is 13.1. The van der Waals surface area contributed by atoms with Gasteiger partial charge in [-0.05, 0) is 56.2 Å². The molecule has 3 heterocycles. The Bertz CT molecular complexity index is 1050. The molecule has 1 aromatic heterocycles. The summed E-state index contributed by atoms with van der Waals surface area (Å²) in [5, 5.41) is 0. The SMILES string of the molecule is CC(=O)c1ccc(N2CCN(S(=O)(=O)c3ccc(CC(=O)N4CCCC4)s3)CC2)cc1. The van der Waals surface area contributed by atoms with E-state index in [-0.39, 0.29) is 18.1 Å². The van der Waals surface area contributed by atoms with E-state index in [9.17, 15) is 18.0 Å². The summed E-state index contributed by atoms with van der Waals surface area (Å²) in [6.07, 6.45) is 2.36. The van der Waals surface area contributed by atoms with Crippen LogP contribution in [0.3, 0.4) is 0 Å². The van der Waals surface area contributed by atoms with Gasteiger partial charge in [0.2, 0.25) is 5.91 Å². The average molecular weight is 462 g/mol. The van der Waals surface area contributed by atoms with Crippen LogP contribution in [0.2, 0.25) is 0 Å². The number of sulfonamides is 1. The highest BCUT2D eigenvalue weighted by Crippen LogP contribution is 2.27. The van der Waals surface area contributed by atoms with Crippen molar-refractivity contribution in [3.05, 3.63) is 46.8 Å². The highest BCUT2D eigenvalue weighted by atomic mass is 32.2. The summed E-state index contributed by atoms with van der Waals surface area (Å²) in [5.41, 5.74) is 1.66. The van der Waals surface area contributed by atoms with Gasteiger partial charge in [-0.15, -0.1) is 11.3 Å². The van der Waals surface area contributed by atoms with E-state index in [0.29, 0.717) is 36.0 Å². The van der Waals surface area contributed by atoms with E-state index in [0.717, 1.165) is 36.5 Å². The fraction of sp³-hybridized carbons (Fsp3) is 0.455. The zero-order valence-electron chi connectivity index (χ0n) is 17.6. The Morgan fingerprint density at radius 2 is 1.55 bits per heavy atom. The average Bonchev–Trinajstić information content (AvgIpc) is 3.46. The van der Waals surface area contributed by atoms with Crippen LogP contribution >= 0.6 is 11.3 Å². The molecule has 9 heteroatoms. The predicted octanol–water partition coefficient (Wildman–Crippen LogP) is 2.63. The van der Waals surface area contributed by atoms with Crippen LogP contribution in [0.4, 0.5) is 5.69 Å². The second kappa shape index (κ2) is 9.10. The summed E-state index contributed by atoms with van der Waals surface area (Å²) < 4.78 is 28.0. The number of likely N-dealkylation sites (tertiary alicyclic amines) is 1. The molecule has 4 rings (SSSR count). The van der Waals surface area contributed by atoms with Crippen molar-refractivity contribution in [2.45, 2.75) is 30.4 Å². The second-order valence-corrected chi connectivity index (χ2v) is 11.3. The molecule has 2 aromatic rings. The maximum Gasteiger partial charge on any atom is 0.252 e. The lowest BCUT2D eigenvalue weighted by atomic mass is 10.1. The summed E-state index contributed by atoms with van der Waals surface area (Å²) in [7, 11) is -3.56. The molecular weight excluding hydrogens is 434 g/mol. The first-order valence-electron chi connectivity index (χ1n) is 10.6. The van der Waals surface area contributed by atoms with Crippen molar-refractivity contribution in [3.8, 4) is 0 Å². The van der Waals surface area contributed by atoms with Gasteiger partial charge in [-0.3, -0.25) is 9.59 Å². The molecule has 2 aliphatic heterocycles. The minimum Gasteiger partial charge on any atom is -0.369 e. The molecule has 2 fully saturated rings. The van der Waals surface area contributed by atoms with Crippen molar-refractivity contribution in [2.75, 3.05) is 44.2 Å². The number of benzene rings is 1. The van der Waals surface area contributed by atoms with Gasteiger partial charge in [0.25, 0.3) is 10.0 Å². The lowest BCUT2D eigenvalue weighted by Crippen LogP contribution is -2.48. The van der Waals surface area contributed by atoms with Gasteiger partial charge in [0.1, 0.15) is 4.21 Å². The Kier molecular flexibility index (Phi) is 6.45. The Hall–Kier alpha value is -2.23. The second-order valence-electron chi connectivity index (χ2n) is 7.98. The van der Waals surface area contributed by atoms with E-state index in [1.807, 2.05) is 17.0 Å². The number of hydrogen-bond acceptors (Lipinski definition) is 6. The minimum atomic E-state index is -3.56. The van der Waals surface area contributed by atoms with E-state index in [2.05, 4.69) is 4.90 Å². The quantitative estimate of drug-likeness (QED) is 0.618. The molecule has 0 aliphatic carbocycles. The molecule has 0 bridgehead atoms. The van der Waals surface area contributed by atoms with Gasteiger partial charge in [-0.25, -0.2) is 8.42 Å². The number of amides is 1. The fourth-order valence-electron chi connectivity index (χ4n) is 4.04. The van der Waals surface area contributed by atoms with E-state index in [1.165, 1.54) is 22.6 Å². The highest BCUT2D eigenvalue weighted by Gasteiger charge is 2.30. The molecule has 166 valence electrons. The van der Waals surface area contributed by atoms with Gasteiger partial charge >= 0.3 is 0 Å². The van der Waals surface area contributed by atoms with Crippen LogP contribution in [0.25, 0.3) is 0 Å². The van der Waals surface area contributed by atoms with Gasteiger partial charge in [-0.2, -0.15) is 4.31 Å². The summed E-state index contributed by atoms with van der Waals surface area (Å²) in [4.78, 5) is 28.6. The first kappa shape index (κ1) is 22.0. The number of Topliss-reactive ketones (excluding diaryl/α,β-unsaturated/α-hetero) is 1. The summed E-state index contributed by atoms with van der Waals surface area (Å²) in [6, 6.07) is 10.8. The van der Waals surface area contributed by atoms with E-state index in [4.69, 9.17) is 0 Å². The molecule has 1 amide bonds. The Labute approximate surface area is 187 Å². The molecule has 1 aromatic carbocycles. The Morgan fingerprint density at radius 3 is 2.16 bits per heavy atom. The van der Waals surface area contributed by atoms with Gasteiger partial charge < -0.3 is 9.80 Å². The predicted molar refractivity (Wildman–Crippen MR) is 121 cm³/mol. The van der Waals surface area contributed by atoms with Crippen LogP contribution in [0, 0.1) is 0 Å². The summed E-state index contributed by atoms with van der Waals surface area (Å²) in [5.74, 6) is 0.104. The molecule has 0 unspecified atom stereocenters. The van der Waals surface area contributed by atoms with Crippen molar-refractivity contribution in [1.29, 1.82) is 0 Å². The first-order valence-corrected chi connectivity index (χ1v) is 12.8. The monoisotopic (exact) mass is 461 g/mol. The number of nitrogens with zero attached hydrogens (tertiary/aromatic N) is 3. The molecule has 7 nitrogen and oxygen atoms in total. The molecule has 0 N–H and O–H groups in total. The third kappa shape index (κ3) is 4.83. The van der Waals surface area contributed by atoms with Gasteiger partial charge in [-0.1, -0.05) is 0 Å². The van der Waals surface area contributed by atoms with Crippen LogP contribution in [0.1, 0.15) is 35.0 Å². The van der Waals surface area contributed by atoms with Crippen LogP contribution in [0.15, 0.2) is 40.6 Å². The number of ketones is 1. The molecule has 31 heavy (non-hydrogen) atoms. The molecular formula is C22H27N3O4S2. The molecule has 0 spiro atoms. The minimum absolute atomic E-state index is 0.0277. The van der Waals surface area contributed by atoms with Crippen LogP contribution in [0.5, 0.6) is 0 Å². The number of thiophene rings is 1. The van der Waals surface area contributed by atoms with Crippen molar-refractivity contribution in [1.82, 2.24) is 9.21 Å². The smallest absolute Gasteiger partial charge is 0.252 e. The molecule has 0 saturated carbocycles. The van der Waals surface area contributed by atoms with E-state index >= 15 is 0 Å². The van der Waals surface area contributed by atoms with Gasteiger partial charge in [0.05, 0.1) is 6.42 Å². The normalized spacial score (nSPS) is 17.8. The number of carbonyl (C=O) groups is 2. The standard InChI is InChI=1S/C22H27N3O4S2/c1-17(26)18-4-6-19(7-5-18)23-12-14-25(15-13-23)31(28,29)22-9-8-20(30-22)16-21(27)24-10-2-3-11-24/h4-9H,2-3,10-16H2,1H3. The Morgan fingerprint density at radius 1 is 0.903 bits per heavy atom. The van der Waals surface area contributed by atoms with E-state index in [1.54, 1.807) is 24.3 Å². The van der Waals surface area contributed by atoms with Gasteiger partial charge in [0.15, 0.2) is 5.78 Å². The molecule has 2 aliphatic rings. The third-order valence-corrected chi connectivity index (χ3v) is 9.34. The number of rotatable bonds is 6. The first-order chi connectivity index (χ1) is 14.8. The number of anilines is 1.